The van der Waals surface area contributed by atoms with Gasteiger partial charge in [0, 0.05) is 36.8 Å². The third-order valence-electron chi connectivity index (χ3n) is 5.40. The van der Waals surface area contributed by atoms with E-state index in [-0.39, 0.29) is 18.0 Å². The molecule has 1 aliphatic heterocycles. The molecule has 6 heteroatoms. The van der Waals surface area contributed by atoms with Crippen LogP contribution >= 0.6 is 0 Å². The molecule has 3 fully saturated rings. The zero-order valence-electron chi connectivity index (χ0n) is 14.1. The van der Waals surface area contributed by atoms with Crippen LogP contribution in [0, 0.1) is 0 Å². The fourth-order valence-electron chi connectivity index (χ4n) is 3.85. The molecule has 2 aliphatic carbocycles. The molecule has 1 amide bonds. The van der Waals surface area contributed by atoms with Gasteiger partial charge in [-0.05, 0) is 37.3 Å². The number of pyridine rings is 1. The van der Waals surface area contributed by atoms with Crippen LogP contribution in [0.1, 0.15) is 61.3 Å². The molecule has 25 heavy (non-hydrogen) atoms. The lowest BCUT2D eigenvalue weighted by Gasteiger charge is -2.28. The van der Waals surface area contributed by atoms with Crippen molar-refractivity contribution in [3.05, 3.63) is 47.9 Å². The second-order valence-corrected chi connectivity index (χ2v) is 7.39. The highest BCUT2D eigenvalue weighted by Crippen LogP contribution is 2.42. The van der Waals surface area contributed by atoms with Gasteiger partial charge in [-0.3, -0.25) is 9.78 Å². The zero-order valence-corrected chi connectivity index (χ0v) is 14.1. The summed E-state index contributed by atoms with van der Waals surface area (Å²) in [7, 11) is 0. The van der Waals surface area contributed by atoms with Crippen molar-refractivity contribution in [1.82, 2.24) is 20.2 Å². The normalized spacial score (nSPS) is 26.4. The highest BCUT2D eigenvalue weighted by molar-refractivity contribution is 5.81. The van der Waals surface area contributed by atoms with Crippen molar-refractivity contribution in [2.24, 2.45) is 0 Å². The number of nitrogens with zero attached hydrogens (tertiary/aromatic N) is 3. The Morgan fingerprint density at radius 2 is 2.12 bits per heavy atom. The Kier molecular flexibility index (Phi) is 3.59. The number of carbonyl (C=O) groups is 1. The van der Waals surface area contributed by atoms with E-state index in [1.54, 1.807) is 6.20 Å². The molecule has 2 saturated carbocycles. The molecule has 0 aromatic carbocycles. The summed E-state index contributed by atoms with van der Waals surface area (Å²) in [6.45, 7) is 0.555. The van der Waals surface area contributed by atoms with E-state index in [1.165, 1.54) is 12.8 Å². The fraction of sp³-hybridized carbons (Fsp3) is 0.526. The minimum absolute atomic E-state index is 0.0477. The van der Waals surface area contributed by atoms with E-state index < -0.39 is 0 Å². The summed E-state index contributed by atoms with van der Waals surface area (Å²) < 4.78 is 5.84. The van der Waals surface area contributed by atoms with Gasteiger partial charge in [0.2, 0.25) is 11.8 Å². The fourth-order valence-corrected chi connectivity index (χ4v) is 3.85. The van der Waals surface area contributed by atoms with Crippen LogP contribution in [-0.2, 0) is 11.3 Å². The van der Waals surface area contributed by atoms with Crippen molar-refractivity contribution in [2.45, 2.75) is 62.7 Å². The first-order chi connectivity index (χ1) is 12.3. The molecule has 5 rings (SSSR count). The van der Waals surface area contributed by atoms with Crippen LogP contribution in [0.5, 0.6) is 0 Å². The van der Waals surface area contributed by atoms with Crippen molar-refractivity contribution < 1.29 is 9.21 Å². The topological polar surface area (TPSA) is 71.3 Å². The number of hydrogen-bond donors (Lipinski definition) is 1. The summed E-state index contributed by atoms with van der Waals surface area (Å²) in [6.07, 6.45) is 10.7. The summed E-state index contributed by atoms with van der Waals surface area (Å²) in [4.78, 5) is 23.3. The van der Waals surface area contributed by atoms with E-state index >= 15 is 0 Å². The van der Waals surface area contributed by atoms with Gasteiger partial charge in [-0.15, -0.1) is 0 Å². The Bertz CT molecular complexity index is 767. The molecule has 1 saturated heterocycles. The Hall–Kier alpha value is -2.21. The van der Waals surface area contributed by atoms with Gasteiger partial charge in [-0.1, -0.05) is 6.07 Å². The molecule has 3 heterocycles. The van der Waals surface area contributed by atoms with Gasteiger partial charge < -0.3 is 14.6 Å². The molecule has 1 N–H and O–H groups in total. The predicted molar refractivity (Wildman–Crippen MR) is 90.6 cm³/mol. The van der Waals surface area contributed by atoms with Crippen molar-refractivity contribution in [2.75, 3.05) is 0 Å². The van der Waals surface area contributed by atoms with Gasteiger partial charge in [0.05, 0.1) is 18.8 Å². The lowest BCUT2D eigenvalue weighted by atomic mass is 10.0. The standard InChI is InChI=1S/C19H22N4O2/c24-18-8-15(21-11-17-22-10-16(25-17)12-3-4-12)19(23(18)14-5-6-14)13-2-1-7-20-9-13/h1-2,7,9-10,12,14-15,19,21H,3-6,8,11H2/t15-,19+/m1/s1. The quantitative estimate of drug-likeness (QED) is 0.876. The van der Waals surface area contributed by atoms with Crippen LogP contribution in [0.15, 0.2) is 35.1 Å². The molecule has 2 aromatic heterocycles. The van der Waals surface area contributed by atoms with E-state index in [1.807, 2.05) is 18.5 Å². The Morgan fingerprint density at radius 1 is 1.24 bits per heavy atom. The van der Waals surface area contributed by atoms with Crippen LogP contribution in [0.4, 0.5) is 0 Å². The first kappa shape index (κ1) is 15.1. The number of oxazole rings is 1. The van der Waals surface area contributed by atoms with Crippen LogP contribution in [0.2, 0.25) is 0 Å². The molecule has 2 aromatic rings. The monoisotopic (exact) mass is 338 g/mol. The van der Waals surface area contributed by atoms with E-state index in [9.17, 15) is 4.79 Å². The number of carbonyl (C=O) groups excluding carboxylic acids is 1. The average Bonchev–Trinajstić information content (AvgIpc) is 3.57. The molecular weight excluding hydrogens is 316 g/mol. The van der Waals surface area contributed by atoms with Gasteiger partial charge in [0.1, 0.15) is 5.76 Å². The zero-order chi connectivity index (χ0) is 16.8. The van der Waals surface area contributed by atoms with Crippen LogP contribution in [-0.4, -0.2) is 32.9 Å². The molecule has 0 spiro atoms. The van der Waals surface area contributed by atoms with Gasteiger partial charge in [-0.2, -0.15) is 0 Å². The van der Waals surface area contributed by atoms with Crippen LogP contribution in [0.3, 0.4) is 0 Å². The third kappa shape index (κ3) is 2.95. The third-order valence-corrected chi connectivity index (χ3v) is 5.40. The van der Waals surface area contributed by atoms with Gasteiger partial charge in [-0.25, -0.2) is 4.98 Å². The maximum absolute atomic E-state index is 12.6. The second kappa shape index (κ2) is 5.95. The molecule has 0 unspecified atom stereocenters. The number of amides is 1. The molecule has 0 bridgehead atoms. The number of hydrogen-bond acceptors (Lipinski definition) is 5. The molecule has 0 radical (unpaired) electrons. The Morgan fingerprint density at radius 3 is 2.84 bits per heavy atom. The first-order valence-corrected chi connectivity index (χ1v) is 9.18. The number of aromatic nitrogens is 2. The van der Waals surface area contributed by atoms with Crippen LogP contribution in [0.25, 0.3) is 0 Å². The van der Waals surface area contributed by atoms with Crippen molar-refractivity contribution in [3.63, 3.8) is 0 Å². The van der Waals surface area contributed by atoms with Crippen molar-refractivity contribution in [3.8, 4) is 0 Å². The summed E-state index contributed by atoms with van der Waals surface area (Å²) in [5, 5.41) is 3.52. The van der Waals surface area contributed by atoms with E-state index in [2.05, 4.69) is 26.3 Å². The molecular formula is C19H22N4O2. The lowest BCUT2D eigenvalue weighted by molar-refractivity contribution is -0.129. The molecule has 130 valence electrons. The maximum Gasteiger partial charge on any atom is 0.225 e. The molecule has 6 nitrogen and oxygen atoms in total. The van der Waals surface area contributed by atoms with E-state index in [4.69, 9.17) is 4.42 Å². The van der Waals surface area contributed by atoms with E-state index in [0.29, 0.717) is 30.8 Å². The maximum atomic E-state index is 12.6. The Balaban J connectivity index is 1.34. The highest BCUT2D eigenvalue weighted by atomic mass is 16.4. The predicted octanol–water partition coefficient (Wildman–Crippen LogP) is 2.54. The first-order valence-electron chi connectivity index (χ1n) is 9.18. The summed E-state index contributed by atoms with van der Waals surface area (Å²) in [5.74, 6) is 2.52. The smallest absolute Gasteiger partial charge is 0.225 e. The van der Waals surface area contributed by atoms with Crippen molar-refractivity contribution >= 4 is 5.91 Å². The molecule has 2 atom stereocenters. The lowest BCUT2D eigenvalue weighted by Crippen LogP contribution is -2.37. The van der Waals surface area contributed by atoms with Crippen LogP contribution < -0.4 is 5.32 Å². The average molecular weight is 338 g/mol. The molecule has 3 aliphatic rings. The summed E-state index contributed by atoms with van der Waals surface area (Å²) >= 11 is 0. The van der Waals surface area contributed by atoms with Crippen molar-refractivity contribution in [1.29, 1.82) is 0 Å². The largest absolute Gasteiger partial charge is 0.444 e. The van der Waals surface area contributed by atoms with E-state index in [0.717, 1.165) is 24.2 Å². The minimum Gasteiger partial charge on any atom is -0.444 e. The second-order valence-electron chi connectivity index (χ2n) is 7.39. The van der Waals surface area contributed by atoms with Gasteiger partial charge in [0.25, 0.3) is 0 Å². The SMILES string of the molecule is O=C1C[C@@H](NCc2ncc(C3CC3)o2)[C@H](c2cccnc2)N1C1CC1. The summed E-state index contributed by atoms with van der Waals surface area (Å²) in [5.41, 5.74) is 1.10. The number of likely N-dealkylation sites (tertiary alicyclic amines) is 1. The Labute approximate surface area is 146 Å². The highest BCUT2D eigenvalue weighted by Gasteiger charge is 2.47. The number of rotatable bonds is 6. The minimum atomic E-state index is 0.0477. The van der Waals surface area contributed by atoms with Gasteiger partial charge in [0.15, 0.2) is 0 Å². The summed E-state index contributed by atoms with van der Waals surface area (Å²) in [6, 6.07) is 4.51. The van der Waals surface area contributed by atoms with Gasteiger partial charge >= 0.3 is 0 Å². The number of nitrogens with one attached hydrogen (secondary N) is 1.